The van der Waals surface area contributed by atoms with Crippen LogP contribution in [0, 0.1) is 0 Å². The Morgan fingerprint density at radius 1 is 1.43 bits per heavy atom. The molecule has 0 bridgehead atoms. The quantitative estimate of drug-likeness (QED) is 0.313. The van der Waals surface area contributed by atoms with E-state index in [-0.39, 0.29) is 6.54 Å². The highest BCUT2D eigenvalue weighted by Crippen LogP contribution is 2.08. The van der Waals surface area contributed by atoms with Crippen LogP contribution < -0.4 is 16.2 Å². The summed E-state index contributed by atoms with van der Waals surface area (Å²) in [7, 11) is 0. The van der Waals surface area contributed by atoms with Gasteiger partial charge in [0.05, 0.1) is 12.2 Å². The summed E-state index contributed by atoms with van der Waals surface area (Å²) in [5, 5.41) is 3.27. The Bertz CT molecular complexity index is 313. The molecule has 0 aliphatic heterocycles. The Balaban J connectivity index is 2.61. The van der Waals surface area contributed by atoms with Gasteiger partial charge in [0.25, 0.3) is 0 Å². The number of nitrogens with two attached hydrogens (primary N) is 1. The van der Waals surface area contributed by atoms with Crippen molar-refractivity contribution < 1.29 is 9.59 Å². The standard InChI is InChI=1S/C9H11N3O2/c10-12(9(14)11-6-7-13)8-4-2-1-3-5-8/h1-5,7H,6,10H2,(H,11,14). The molecule has 0 atom stereocenters. The molecule has 0 heterocycles. The molecule has 0 saturated carbocycles. The molecule has 0 aliphatic carbocycles. The Labute approximate surface area is 81.5 Å². The number of amides is 2. The predicted octanol–water partition coefficient (Wildman–Crippen LogP) is 0.275. The van der Waals surface area contributed by atoms with Gasteiger partial charge in [-0.15, -0.1) is 0 Å². The second-order valence-corrected chi connectivity index (χ2v) is 2.56. The number of aldehydes is 1. The van der Waals surface area contributed by atoms with Crippen LogP contribution in [0.25, 0.3) is 0 Å². The third kappa shape index (κ3) is 2.56. The first-order valence-electron chi connectivity index (χ1n) is 4.07. The number of rotatable bonds is 3. The van der Waals surface area contributed by atoms with Crippen LogP contribution in [0.5, 0.6) is 0 Å². The van der Waals surface area contributed by atoms with Crippen LogP contribution in [0.15, 0.2) is 30.3 Å². The zero-order valence-corrected chi connectivity index (χ0v) is 7.51. The van der Waals surface area contributed by atoms with Gasteiger partial charge in [0.2, 0.25) is 0 Å². The van der Waals surface area contributed by atoms with Gasteiger partial charge in [0.15, 0.2) is 0 Å². The molecule has 0 unspecified atom stereocenters. The lowest BCUT2D eigenvalue weighted by Gasteiger charge is -2.16. The fraction of sp³-hybridized carbons (Fsp3) is 0.111. The van der Waals surface area contributed by atoms with Crippen molar-refractivity contribution in [3.63, 3.8) is 0 Å². The number of nitrogens with one attached hydrogen (secondary N) is 1. The first-order chi connectivity index (χ1) is 6.75. The highest BCUT2D eigenvalue weighted by atomic mass is 16.2. The van der Waals surface area contributed by atoms with Gasteiger partial charge >= 0.3 is 6.03 Å². The topological polar surface area (TPSA) is 75.4 Å². The Morgan fingerprint density at radius 2 is 2.07 bits per heavy atom. The minimum absolute atomic E-state index is 0.0423. The van der Waals surface area contributed by atoms with Gasteiger partial charge in [-0.25, -0.2) is 15.6 Å². The average molecular weight is 193 g/mol. The highest BCUT2D eigenvalue weighted by Gasteiger charge is 2.09. The molecule has 0 aromatic heterocycles. The number of urea groups is 1. The zero-order chi connectivity index (χ0) is 10.4. The molecule has 0 radical (unpaired) electrons. The van der Waals surface area contributed by atoms with Gasteiger partial charge in [-0.1, -0.05) is 18.2 Å². The van der Waals surface area contributed by atoms with Gasteiger partial charge in [-0.3, -0.25) is 0 Å². The fourth-order valence-electron chi connectivity index (χ4n) is 0.920. The first-order valence-corrected chi connectivity index (χ1v) is 4.07. The third-order valence-corrected chi connectivity index (χ3v) is 1.59. The van der Waals surface area contributed by atoms with E-state index in [1.165, 1.54) is 0 Å². The maximum Gasteiger partial charge on any atom is 0.336 e. The van der Waals surface area contributed by atoms with E-state index in [2.05, 4.69) is 5.32 Å². The monoisotopic (exact) mass is 193 g/mol. The number of benzene rings is 1. The Hall–Kier alpha value is -1.88. The number of hydrogen-bond donors (Lipinski definition) is 2. The molecule has 3 N–H and O–H groups in total. The number of carbonyl (C=O) groups is 2. The van der Waals surface area contributed by atoms with Crippen molar-refractivity contribution in [1.82, 2.24) is 5.32 Å². The van der Waals surface area contributed by atoms with Crippen molar-refractivity contribution in [2.24, 2.45) is 5.84 Å². The van der Waals surface area contributed by atoms with E-state index in [1.807, 2.05) is 6.07 Å². The van der Waals surface area contributed by atoms with Gasteiger partial charge in [-0.2, -0.15) is 0 Å². The smallest absolute Gasteiger partial charge is 0.330 e. The molecule has 5 heteroatoms. The van der Waals surface area contributed by atoms with Crippen LogP contribution in [0.2, 0.25) is 0 Å². The predicted molar refractivity (Wildman–Crippen MR) is 52.6 cm³/mol. The number of carbonyl (C=O) groups excluding carboxylic acids is 2. The maximum absolute atomic E-state index is 11.2. The number of hydrogen-bond acceptors (Lipinski definition) is 3. The van der Waals surface area contributed by atoms with Crippen LogP contribution in [-0.4, -0.2) is 18.9 Å². The molecule has 0 fully saturated rings. The molecule has 74 valence electrons. The molecular weight excluding hydrogens is 182 g/mol. The average Bonchev–Trinajstić information content (AvgIpc) is 2.26. The van der Waals surface area contributed by atoms with Gasteiger partial charge in [-0.05, 0) is 12.1 Å². The minimum Gasteiger partial charge on any atom is -0.330 e. The third-order valence-electron chi connectivity index (χ3n) is 1.59. The van der Waals surface area contributed by atoms with E-state index in [9.17, 15) is 9.59 Å². The van der Waals surface area contributed by atoms with Crippen molar-refractivity contribution >= 4 is 18.0 Å². The van der Waals surface area contributed by atoms with Crippen LogP contribution in [0.3, 0.4) is 0 Å². The van der Waals surface area contributed by atoms with Crippen molar-refractivity contribution in [3.05, 3.63) is 30.3 Å². The molecule has 5 nitrogen and oxygen atoms in total. The van der Waals surface area contributed by atoms with Gasteiger partial charge in [0.1, 0.15) is 6.29 Å². The summed E-state index contributed by atoms with van der Waals surface area (Å²) in [6, 6.07) is 8.23. The molecule has 1 aromatic carbocycles. The van der Waals surface area contributed by atoms with Crippen molar-refractivity contribution in [3.8, 4) is 0 Å². The fourth-order valence-corrected chi connectivity index (χ4v) is 0.920. The van der Waals surface area contributed by atoms with E-state index >= 15 is 0 Å². The maximum atomic E-state index is 11.2. The van der Waals surface area contributed by atoms with Crippen LogP contribution in [-0.2, 0) is 4.79 Å². The Kier molecular flexibility index (Phi) is 3.63. The van der Waals surface area contributed by atoms with Crippen LogP contribution >= 0.6 is 0 Å². The summed E-state index contributed by atoms with van der Waals surface area (Å²) in [5.41, 5.74) is 0.566. The molecule has 0 spiro atoms. The van der Waals surface area contributed by atoms with Crippen LogP contribution in [0.1, 0.15) is 0 Å². The number of para-hydroxylation sites is 1. The van der Waals surface area contributed by atoms with Crippen LogP contribution in [0.4, 0.5) is 10.5 Å². The van der Waals surface area contributed by atoms with Gasteiger partial charge in [0, 0.05) is 0 Å². The normalized spacial score (nSPS) is 9.21. The minimum atomic E-state index is -0.511. The molecule has 14 heavy (non-hydrogen) atoms. The molecule has 0 aliphatic rings. The summed E-state index contributed by atoms with van der Waals surface area (Å²) in [4.78, 5) is 21.2. The summed E-state index contributed by atoms with van der Waals surface area (Å²) in [6.07, 6.45) is 0.594. The van der Waals surface area contributed by atoms with E-state index in [0.29, 0.717) is 12.0 Å². The number of anilines is 1. The van der Waals surface area contributed by atoms with Crippen molar-refractivity contribution in [2.75, 3.05) is 11.6 Å². The lowest BCUT2D eigenvalue weighted by Crippen LogP contribution is -2.45. The summed E-state index contributed by atoms with van der Waals surface area (Å²) >= 11 is 0. The molecular formula is C9H11N3O2. The highest BCUT2D eigenvalue weighted by molar-refractivity contribution is 5.91. The molecule has 1 rings (SSSR count). The number of hydrazine groups is 1. The van der Waals surface area contributed by atoms with Crippen molar-refractivity contribution in [1.29, 1.82) is 0 Å². The van der Waals surface area contributed by atoms with E-state index in [1.54, 1.807) is 24.3 Å². The summed E-state index contributed by atoms with van der Waals surface area (Å²) < 4.78 is 0. The second-order valence-electron chi connectivity index (χ2n) is 2.56. The summed E-state index contributed by atoms with van der Waals surface area (Å²) in [6.45, 7) is -0.0423. The largest absolute Gasteiger partial charge is 0.336 e. The first kappa shape index (κ1) is 10.2. The Morgan fingerprint density at radius 3 is 2.64 bits per heavy atom. The molecule has 0 saturated heterocycles. The molecule has 1 aromatic rings. The number of nitrogens with zero attached hydrogens (tertiary/aromatic N) is 1. The lowest BCUT2D eigenvalue weighted by atomic mass is 10.3. The van der Waals surface area contributed by atoms with E-state index in [0.717, 1.165) is 5.01 Å². The van der Waals surface area contributed by atoms with E-state index < -0.39 is 6.03 Å². The second kappa shape index (κ2) is 4.98. The molecule has 2 amide bonds. The van der Waals surface area contributed by atoms with Gasteiger partial charge < -0.3 is 10.1 Å². The zero-order valence-electron chi connectivity index (χ0n) is 7.51. The lowest BCUT2D eigenvalue weighted by molar-refractivity contribution is -0.107. The van der Waals surface area contributed by atoms with Crippen molar-refractivity contribution in [2.45, 2.75) is 0 Å². The SMILES string of the molecule is NN(C(=O)NCC=O)c1ccccc1. The summed E-state index contributed by atoms with van der Waals surface area (Å²) in [5.74, 6) is 5.48. The van der Waals surface area contributed by atoms with E-state index in [4.69, 9.17) is 5.84 Å².